The number of benzene rings is 1. The number of hydrogen-bond acceptors (Lipinski definition) is 5. The highest BCUT2D eigenvalue weighted by atomic mass is 16.5. The highest BCUT2D eigenvalue weighted by molar-refractivity contribution is 5.75. The number of anilines is 1. The zero-order chi connectivity index (χ0) is 13.2. The second kappa shape index (κ2) is 4.91. The van der Waals surface area contributed by atoms with Crippen LogP contribution in [0.3, 0.4) is 0 Å². The Kier molecular flexibility index (Phi) is 3.11. The minimum absolute atomic E-state index is 0.0891. The van der Waals surface area contributed by atoms with Gasteiger partial charge in [0.2, 0.25) is 0 Å². The molecule has 3 rings (SSSR count). The number of fused-ring (bicyclic) bond motifs is 1. The van der Waals surface area contributed by atoms with Crippen molar-refractivity contribution >= 4 is 23.1 Å². The standard InChI is InChI=1S/C14H16N2O3/c1-18-13(17)10-5-4-8-16(9-10)14-15-11-6-2-3-7-12(11)19-14/h2-3,6-7,10H,4-5,8-9H2,1H3/t10-/m0/s1. The Morgan fingerprint density at radius 3 is 3.11 bits per heavy atom. The zero-order valence-corrected chi connectivity index (χ0v) is 10.8. The Morgan fingerprint density at radius 1 is 1.47 bits per heavy atom. The van der Waals surface area contributed by atoms with Crippen LogP contribution in [0, 0.1) is 5.92 Å². The van der Waals surface area contributed by atoms with Crippen LogP contribution >= 0.6 is 0 Å². The predicted molar refractivity (Wildman–Crippen MR) is 71.0 cm³/mol. The second-order valence-corrected chi connectivity index (χ2v) is 4.77. The van der Waals surface area contributed by atoms with Crippen molar-refractivity contribution < 1.29 is 13.9 Å². The van der Waals surface area contributed by atoms with Crippen molar-refractivity contribution in [2.45, 2.75) is 12.8 Å². The lowest BCUT2D eigenvalue weighted by Gasteiger charge is -2.29. The quantitative estimate of drug-likeness (QED) is 0.775. The van der Waals surface area contributed by atoms with E-state index in [0.29, 0.717) is 12.6 Å². The topological polar surface area (TPSA) is 55.6 Å². The van der Waals surface area contributed by atoms with Gasteiger partial charge in [0.1, 0.15) is 5.52 Å². The number of carbonyl (C=O) groups excluding carboxylic acids is 1. The van der Waals surface area contributed by atoms with Crippen molar-refractivity contribution in [3.8, 4) is 0 Å². The Morgan fingerprint density at radius 2 is 2.32 bits per heavy atom. The van der Waals surface area contributed by atoms with E-state index >= 15 is 0 Å². The average Bonchev–Trinajstić information content (AvgIpc) is 2.90. The summed E-state index contributed by atoms with van der Waals surface area (Å²) in [5.74, 6) is -0.241. The average molecular weight is 260 g/mol. The van der Waals surface area contributed by atoms with E-state index < -0.39 is 0 Å². The van der Waals surface area contributed by atoms with Gasteiger partial charge in [0.05, 0.1) is 13.0 Å². The maximum Gasteiger partial charge on any atom is 0.310 e. The van der Waals surface area contributed by atoms with Crippen molar-refractivity contribution in [3.63, 3.8) is 0 Å². The van der Waals surface area contributed by atoms with E-state index in [1.54, 1.807) is 0 Å². The van der Waals surface area contributed by atoms with Gasteiger partial charge in [0.25, 0.3) is 6.01 Å². The fourth-order valence-corrected chi connectivity index (χ4v) is 2.51. The number of nitrogens with zero attached hydrogens (tertiary/aromatic N) is 2. The molecule has 0 N–H and O–H groups in total. The summed E-state index contributed by atoms with van der Waals surface area (Å²) >= 11 is 0. The molecule has 1 aromatic carbocycles. The number of ether oxygens (including phenoxy) is 1. The molecule has 2 heterocycles. The molecule has 1 fully saturated rings. The first-order chi connectivity index (χ1) is 9.28. The zero-order valence-electron chi connectivity index (χ0n) is 10.8. The largest absolute Gasteiger partial charge is 0.469 e. The van der Waals surface area contributed by atoms with Gasteiger partial charge in [-0.25, -0.2) is 0 Å². The molecule has 1 aliphatic heterocycles. The summed E-state index contributed by atoms with van der Waals surface area (Å²) in [6.07, 6.45) is 1.81. The third-order valence-electron chi connectivity index (χ3n) is 3.51. The van der Waals surface area contributed by atoms with E-state index in [1.165, 1.54) is 7.11 Å². The molecule has 0 radical (unpaired) electrons. The molecule has 19 heavy (non-hydrogen) atoms. The van der Waals surface area contributed by atoms with Gasteiger partial charge in [-0.05, 0) is 25.0 Å². The SMILES string of the molecule is COC(=O)[C@H]1CCCN(c2nc3ccccc3o2)C1. The number of hydrogen-bond donors (Lipinski definition) is 0. The summed E-state index contributed by atoms with van der Waals surface area (Å²) in [6, 6.07) is 8.26. The normalized spacial score (nSPS) is 19.6. The molecule has 0 spiro atoms. The molecular weight excluding hydrogens is 244 g/mol. The summed E-state index contributed by atoms with van der Waals surface area (Å²) in [5.41, 5.74) is 1.62. The van der Waals surface area contributed by atoms with Gasteiger partial charge in [-0.2, -0.15) is 4.98 Å². The van der Waals surface area contributed by atoms with Crippen molar-refractivity contribution in [3.05, 3.63) is 24.3 Å². The number of aromatic nitrogens is 1. The van der Waals surface area contributed by atoms with Gasteiger partial charge >= 0.3 is 5.97 Å². The molecule has 5 nitrogen and oxygen atoms in total. The van der Waals surface area contributed by atoms with Crippen molar-refractivity contribution in [2.24, 2.45) is 5.92 Å². The number of esters is 1. The number of methoxy groups -OCH3 is 1. The first-order valence-corrected chi connectivity index (χ1v) is 6.46. The van der Waals surface area contributed by atoms with Gasteiger partial charge in [-0.3, -0.25) is 4.79 Å². The molecule has 0 aliphatic carbocycles. The Hall–Kier alpha value is -2.04. The van der Waals surface area contributed by atoms with Gasteiger partial charge in [-0.1, -0.05) is 12.1 Å². The smallest absolute Gasteiger partial charge is 0.310 e. The lowest BCUT2D eigenvalue weighted by atomic mass is 9.99. The summed E-state index contributed by atoms with van der Waals surface area (Å²) in [5, 5.41) is 0. The van der Waals surface area contributed by atoms with Gasteiger partial charge in [-0.15, -0.1) is 0 Å². The van der Waals surface area contributed by atoms with Crippen LogP contribution in [0.15, 0.2) is 28.7 Å². The molecule has 0 saturated carbocycles. The molecule has 5 heteroatoms. The second-order valence-electron chi connectivity index (χ2n) is 4.77. The van der Waals surface area contributed by atoms with E-state index in [2.05, 4.69) is 4.98 Å². The van der Waals surface area contributed by atoms with Crippen LogP contribution in [0.5, 0.6) is 0 Å². The molecule has 0 amide bonds. The highest BCUT2D eigenvalue weighted by Crippen LogP contribution is 2.26. The van der Waals surface area contributed by atoms with E-state index in [-0.39, 0.29) is 11.9 Å². The summed E-state index contributed by atoms with van der Waals surface area (Å²) in [7, 11) is 1.43. The Labute approximate surface area is 111 Å². The number of carbonyl (C=O) groups is 1. The van der Waals surface area contributed by atoms with Crippen LogP contribution in [0.1, 0.15) is 12.8 Å². The molecule has 0 bridgehead atoms. The fourth-order valence-electron chi connectivity index (χ4n) is 2.51. The van der Waals surface area contributed by atoms with Crippen LogP contribution < -0.4 is 4.90 Å². The number of rotatable bonds is 2. The van der Waals surface area contributed by atoms with Crippen LogP contribution in [0.4, 0.5) is 6.01 Å². The number of oxazole rings is 1. The monoisotopic (exact) mass is 260 g/mol. The molecular formula is C14H16N2O3. The van der Waals surface area contributed by atoms with Crippen molar-refractivity contribution in [2.75, 3.05) is 25.1 Å². The first-order valence-electron chi connectivity index (χ1n) is 6.46. The summed E-state index contributed by atoms with van der Waals surface area (Å²) < 4.78 is 10.5. The third kappa shape index (κ3) is 2.28. The Bertz CT molecular complexity index is 560. The van der Waals surface area contributed by atoms with Gasteiger partial charge in [0.15, 0.2) is 5.58 Å². The third-order valence-corrected chi connectivity index (χ3v) is 3.51. The molecule has 1 atom stereocenters. The molecule has 100 valence electrons. The molecule has 1 aliphatic rings. The first kappa shape index (κ1) is 12.0. The van der Waals surface area contributed by atoms with E-state index in [4.69, 9.17) is 9.15 Å². The predicted octanol–water partition coefficient (Wildman–Crippen LogP) is 2.22. The minimum Gasteiger partial charge on any atom is -0.469 e. The van der Waals surface area contributed by atoms with Crippen molar-refractivity contribution in [1.82, 2.24) is 4.98 Å². The number of piperidine rings is 1. The van der Waals surface area contributed by atoms with Crippen LogP contribution in [0.2, 0.25) is 0 Å². The fraction of sp³-hybridized carbons (Fsp3) is 0.429. The molecule has 0 unspecified atom stereocenters. The minimum atomic E-state index is -0.152. The molecule has 1 saturated heterocycles. The van der Waals surface area contributed by atoms with Gasteiger partial charge in [0, 0.05) is 13.1 Å². The Balaban J connectivity index is 1.83. The van der Waals surface area contributed by atoms with Gasteiger partial charge < -0.3 is 14.1 Å². The summed E-state index contributed by atoms with van der Waals surface area (Å²) in [6.45, 7) is 1.47. The van der Waals surface area contributed by atoms with E-state index in [1.807, 2.05) is 29.2 Å². The van der Waals surface area contributed by atoms with Crippen LogP contribution in [0.25, 0.3) is 11.1 Å². The maximum absolute atomic E-state index is 11.6. The highest BCUT2D eigenvalue weighted by Gasteiger charge is 2.28. The summed E-state index contributed by atoms with van der Waals surface area (Å²) in [4.78, 5) is 18.1. The van der Waals surface area contributed by atoms with E-state index in [0.717, 1.165) is 30.5 Å². The number of para-hydroxylation sites is 2. The maximum atomic E-state index is 11.6. The van der Waals surface area contributed by atoms with Crippen LogP contribution in [-0.2, 0) is 9.53 Å². The van der Waals surface area contributed by atoms with Crippen molar-refractivity contribution in [1.29, 1.82) is 0 Å². The van der Waals surface area contributed by atoms with Crippen LogP contribution in [-0.4, -0.2) is 31.2 Å². The lowest BCUT2D eigenvalue weighted by molar-refractivity contribution is -0.145. The molecule has 1 aromatic heterocycles. The lowest BCUT2D eigenvalue weighted by Crippen LogP contribution is -2.39. The van der Waals surface area contributed by atoms with E-state index in [9.17, 15) is 4.79 Å². The molecule has 2 aromatic rings.